The Kier molecular flexibility index (Phi) is 6.36. The maximum Gasteiger partial charge on any atom is 0.116 e. The zero-order valence-corrected chi connectivity index (χ0v) is 10.3. The van der Waals surface area contributed by atoms with E-state index in [0.717, 1.165) is 29.8 Å². The van der Waals surface area contributed by atoms with Gasteiger partial charge in [-0.15, -0.1) is 11.8 Å². The molecule has 1 heterocycles. The Labute approximate surface area is 96.1 Å². The first-order valence-electron chi connectivity index (χ1n) is 5.38. The molecular weight excluding hydrogens is 206 g/mol. The monoisotopic (exact) mass is 225 g/mol. The van der Waals surface area contributed by atoms with Gasteiger partial charge in [0.15, 0.2) is 0 Å². The predicted molar refractivity (Wildman–Crippen MR) is 65.1 cm³/mol. The molecule has 0 aliphatic rings. The summed E-state index contributed by atoms with van der Waals surface area (Å²) < 4.78 is 0. The zero-order chi connectivity index (χ0) is 10.9. The van der Waals surface area contributed by atoms with E-state index in [1.54, 1.807) is 24.3 Å². The molecule has 0 aliphatic heterocycles. The lowest BCUT2D eigenvalue weighted by Gasteiger charge is -2.06. The van der Waals surface area contributed by atoms with Gasteiger partial charge in [0, 0.05) is 18.5 Å². The highest BCUT2D eigenvalue weighted by molar-refractivity contribution is 7.99. The number of nitrogens with zero attached hydrogens (tertiary/aromatic N) is 2. The number of hydrogen-bond acceptors (Lipinski definition) is 4. The van der Waals surface area contributed by atoms with Gasteiger partial charge in [-0.05, 0) is 24.9 Å². The lowest BCUT2D eigenvalue weighted by atomic mass is 10.1. The van der Waals surface area contributed by atoms with Crippen LogP contribution in [0.3, 0.4) is 0 Å². The second-order valence-corrected chi connectivity index (χ2v) is 4.94. The van der Waals surface area contributed by atoms with Crippen LogP contribution < -0.4 is 5.32 Å². The van der Waals surface area contributed by atoms with Crippen molar-refractivity contribution in [2.24, 2.45) is 5.92 Å². The molecule has 0 unspecified atom stereocenters. The molecule has 0 amide bonds. The summed E-state index contributed by atoms with van der Waals surface area (Å²) in [5.74, 6) is 1.85. The molecule has 0 aliphatic carbocycles. The average Bonchev–Trinajstić information content (AvgIpc) is 2.24. The normalized spacial score (nSPS) is 10.9. The maximum atomic E-state index is 4.15. The molecule has 0 spiro atoms. The van der Waals surface area contributed by atoms with Crippen LogP contribution in [0.2, 0.25) is 0 Å². The quantitative estimate of drug-likeness (QED) is 0.438. The van der Waals surface area contributed by atoms with Crippen LogP contribution in [-0.4, -0.2) is 28.8 Å². The van der Waals surface area contributed by atoms with Crippen LogP contribution >= 0.6 is 11.8 Å². The number of rotatable bonds is 7. The first-order chi connectivity index (χ1) is 7.29. The standard InChI is InChI=1S/C11H19N3S/c1-10(2)3-5-12-7-8-15-11-4-6-13-9-14-11/h4,6,9-10,12H,3,5,7-8H2,1-2H3. The molecule has 0 aromatic carbocycles. The van der Waals surface area contributed by atoms with E-state index in [4.69, 9.17) is 0 Å². The van der Waals surface area contributed by atoms with Crippen molar-refractivity contribution in [1.82, 2.24) is 15.3 Å². The molecule has 1 N–H and O–H groups in total. The third-order valence-corrected chi connectivity index (χ3v) is 2.93. The van der Waals surface area contributed by atoms with Gasteiger partial charge in [0.05, 0.1) is 5.03 Å². The first kappa shape index (κ1) is 12.5. The van der Waals surface area contributed by atoms with Gasteiger partial charge in [-0.3, -0.25) is 0 Å². The van der Waals surface area contributed by atoms with Crippen molar-refractivity contribution in [3.63, 3.8) is 0 Å². The summed E-state index contributed by atoms with van der Waals surface area (Å²) in [6.07, 6.45) is 4.62. The minimum Gasteiger partial charge on any atom is -0.316 e. The maximum absolute atomic E-state index is 4.15. The SMILES string of the molecule is CC(C)CCNCCSc1ccncn1. The summed E-state index contributed by atoms with van der Waals surface area (Å²) in [5, 5.41) is 4.47. The van der Waals surface area contributed by atoms with Gasteiger partial charge >= 0.3 is 0 Å². The summed E-state index contributed by atoms with van der Waals surface area (Å²) in [7, 11) is 0. The van der Waals surface area contributed by atoms with Crippen LogP contribution in [0.15, 0.2) is 23.6 Å². The topological polar surface area (TPSA) is 37.8 Å². The van der Waals surface area contributed by atoms with E-state index in [2.05, 4.69) is 29.1 Å². The Hall–Kier alpha value is -0.610. The third kappa shape index (κ3) is 6.47. The summed E-state index contributed by atoms with van der Waals surface area (Å²) in [5.41, 5.74) is 0. The summed E-state index contributed by atoms with van der Waals surface area (Å²) >= 11 is 1.77. The molecule has 1 rings (SSSR count). The van der Waals surface area contributed by atoms with Gasteiger partial charge in [-0.1, -0.05) is 13.8 Å². The molecule has 15 heavy (non-hydrogen) atoms. The van der Waals surface area contributed by atoms with E-state index in [9.17, 15) is 0 Å². The molecule has 3 nitrogen and oxygen atoms in total. The molecule has 84 valence electrons. The fourth-order valence-corrected chi connectivity index (χ4v) is 1.84. The van der Waals surface area contributed by atoms with Crippen LogP contribution in [0.4, 0.5) is 0 Å². The summed E-state index contributed by atoms with van der Waals surface area (Å²) in [4.78, 5) is 8.03. The van der Waals surface area contributed by atoms with Crippen molar-refractivity contribution in [2.75, 3.05) is 18.8 Å². The van der Waals surface area contributed by atoms with Crippen LogP contribution in [0.5, 0.6) is 0 Å². The molecule has 1 aromatic rings. The van der Waals surface area contributed by atoms with Crippen molar-refractivity contribution in [2.45, 2.75) is 25.3 Å². The lowest BCUT2D eigenvalue weighted by Crippen LogP contribution is -2.19. The van der Waals surface area contributed by atoms with Gasteiger partial charge < -0.3 is 5.32 Å². The van der Waals surface area contributed by atoms with Crippen LogP contribution in [0.1, 0.15) is 20.3 Å². The van der Waals surface area contributed by atoms with Gasteiger partial charge in [-0.2, -0.15) is 0 Å². The van der Waals surface area contributed by atoms with E-state index in [1.807, 2.05) is 6.07 Å². The van der Waals surface area contributed by atoms with Gasteiger partial charge in [-0.25, -0.2) is 9.97 Å². The van der Waals surface area contributed by atoms with Crippen LogP contribution in [0.25, 0.3) is 0 Å². The Bertz CT molecular complexity index is 251. The van der Waals surface area contributed by atoms with Crippen LogP contribution in [0, 0.1) is 5.92 Å². The van der Waals surface area contributed by atoms with E-state index in [-0.39, 0.29) is 0 Å². The first-order valence-corrected chi connectivity index (χ1v) is 6.37. The summed E-state index contributed by atoms with van der Waals surface area (Å²) in [6.45, 7) is 6.65. The van der Waals surface area contributed by atoms with Gasteiger partial charge in [0.2, 0.25) is 0 Å². The molecule has 4 heteroatoms. The molecule has 0 saturated carbocycles. The highest BCUT2D eigenvalue weighted by Crippen LogP contribution is 2.11. The predicted octanol–water partition coefficient (Wildman–Crippen LogP) is 2.20. The smallest absolute Gasteiger partial charge is 0.116 e. The molecule has 1 aromatic heterocycles. The minimum atomic E-state index is 0.784. The highest BCUT2D eigenvalue weighted by atomic mass is 32.2. The van der Waals surface area contributed by atoms with E-state index in [1.165, 1.54) is 6.42 Å². The number of thioether (sulfide) groups is 1. The molecule has 0 bridgehead atoms. The molecule has 0 saturated heterocycles. The molecule has 0 atom stereocenters. The van der Waals surface area contributed by atoms with Gasteiger partial charge in [0.25, 0.3) is 0 Å². The van der Waals surface area contributed by atoms with Crippen molar-refractivity contribution < 1.29 is 0 Å². The third-order valence-electron chi connectivity index (χ3n) is 1.98. The largest absolute Gasteiger partial charge is 0.316 e. The Morgan fingerprint density at radius 3 is 2.93 bits per heavy atom. The lowest BCUT2D eigenvalue weighted by molar-refractivity contribution is 0.547. The number of hydrogen-bond donors (Lipinski definition) is 1. The van der Waals surface area contributed by atoms with Crippen molar-refractivity contribution in [3.8, 4) is 0 Å². The fourth-order valence-electron chi connectivity index (χ4n) is 1.11. The van der Waals surface area contributed by atoms with Crippen molar-refractivity contribution in [3.05, 3.63) is 18.6 Å². The second kappa shape index (κ2) is 7.65. The zero-order valence-electron chi connectivity index (χ0n) is 9.44. The van der Waals surface area contributed by atoms with E-state index in [0.29, 0.717) is 0 Å². The minimum absolute atomic E-state index is 0.784. The molecule has 0 fully saturated rings. The Balaban J connectivity index is 1.98. The number of aromatic nitrogens is 2. The molecule has 0 radical (unpaired) electrons. The highest BCUT2D eigenvalue weighted by Gasteiger charge is 1.95. The summed E-state index contributed by atoms with van der Waals surface area (Å²) in [6, 6.07) is 1.94. The Morgan fingerprint density at radius 2 is 2.27 bits per heavy atom. The second-order valence-electron chi connectivity index (χ2n) is 3.83. The van der Waals surface area contributed by atoms with E-state index >= 15 is 0 Å². The van der Waals surface area contributed by atoms with E-state index < -0.39 is 0 Å². The molecular formula is C11H19N3S. The van der Waals surface area contributed by atoms with Crippen molar-refractivity contribution in [1.29, 1.82) is 0 Å². The van der Waals surface area contributed by atoms with Gasteiger partial charge in [0.1, 0.15) is 6.33 Å². The Morgan fingerprint density at radius 1 is 1.40 bits per heavy atom. The van der Waals surface area contributed by atoms with Crippen molar-refractivity contribution >= 4 is 11.8 Å². The van der Waals surface area contributed by atoms with Crippen LogP contribution in [-0.2, 0) is 0 Å². The average molecular weight is 225 g/mol. The number of nitrogens with one attached hydrogen (secondary N) is 1. The fraction of sp³-hybridized carbons (Fsp3) is 0.636.